The zero-order valence-electron chi connectivity index (χ0n) is 15.1. The van der Waals surface area contributed by atoms with Crippen molar-refractivity contribution in [3.63, 3.8) is 0 Å². The average molecular weight is 349 g/mol. The van der Waals surface area contributed by atoms with Crippen molar-refractivity contribution >= 4 is 5.91 Å². The van der Waals surface area contributed by atoms with Crippen LogP contribution in [0.2, 0.25) is 0 Å². The first-order valence-electron chi connectivity index (χ1n) is 7.87. The molecule has 0 aliphatic rings. The summed E-state index contributed by atoms with van der Waals surface area (Å²) in [6, 6.07) is 3.33. The summed E-state index contributed by atoms with van der Waals surface area (Å²) in [4.78, 5) is 16.3. The summed E-state index contributed by atoms with van der Waals surface area (Å²) in [5.74, 6) is 2.46. The van der Waals surface area contributed by atoms with E-state index in [9.17, 15) is 4.79 Å². The van der Waals surface area contributed by atoms with Crippen molar-refractivity contribution in [2.24, 2.45) is 0 Å². The highest BCUT2D eigenvalue weighted by Gasteiger charge is 2.17. The van der Waals surface area contributed by atoms with E-state index in [0.29, 0.717) is 41.8 Å². The van der Waals surface area contributed by atoms with Gasteiger partial charge in [-0.25, -0.2) is 0 Å². The molecule has 1 aromatic carbocycles. The van der Waals surface area contributed by atoms with Gasteiger partial charge in [-0.05, 0) is 38.0 Å². The number of methoxy groups -OCH3 is 3. The van der Waals surface area contributed by atoms with Gasteiger partial charge in [0.1, 0.15) is 6.04 Å². The number of nitrogens with one attached hydrogen (secondary N) is 1. The smallest absolute Gasteiger partial charge is 0.248 e. The zero-order valence-corrected chi connectivity index (χ0v) is 15.1. The van der Waals surface area contributed by atoms with E-state index < -0.39 is 0 Å². The van der Waals surface area contributed by atoms with Crippen LogP contribution in [-0.2, 0) is 11.2 Å². The number of benzene rings is 1. The Hall–Kier alpha value is -2.77. The molecule has 1 N–H and O–H groups in total. The molecule has 0 saturated carbocycles. The van der Waals surface area contributed by atoms with E-state index in [1.54, 1.807) is 35.2 Å². The zero-order chi connectivity index (χ0) is 18.4. The summed E-state index contributed by atoms with van der Waals surface area (Å²) in [7, 11) is 4.66. The second-order valence-corrected chi connectivity index (χ2v) is 5.50. The molecule has 2 aromatic rings. The lowest BCUT2D eigenvalue weighted by molar-refractivity contribution is -0.121. The van der Waals surface area contributed by atoms with E-state index in [1.165, 1.54) is 0 Å². The number of aromatic nitrogens is 2. The van der Waals surface area contributed by atoms with Gasteiger partial charge >= 0.3 is 0 Å². The van der Waals surface area contributed by atoms with Gasteiger partial charge in [0.15, 0.2) is 17.3 Å². The van der Waals surface area contributed by atoms with Crippen molar-refractivity contribution < 1.29 is 23.5 Å². The SMILES string of the molecule is COc1cc(CCC(=O)N[C@@H](C)c2nc(C)no2)cc(OC)c1OC. The molecule has 8 nitrogen and oxygen atoms in total. The quantitative estimate of drug-likeness (QED) is 0.780. The summed E-state index contributed by atoms with van der Waals surface area (Å²) < 4.78 is 21.0. The van der Waals surface area contributed by atoms with Crippen LogP contribution in [0.5, 0.6) is 17.2 Å². The van der Waals surface area contributed by atoms with E-state index in [4.69, 9.17) is 18.7 Å². The Labute approximate surface area is 146 Å². The maximum Gasteiger partial charge on any atom is 0.248 e. The molecule has 1 aromatic heterocycles. The third-order valence-corrected chi connectivity index (χ3v) is 3.66. The van der Waals surface area contributed by atoms with E-state index in [2.05, 4.69) is 15.5 Å². The summed E-state index contributed by atoms with van der Waals surface area (Å²) in [6.45, 7) is 3.52. The molecule has 25 heavy (non-hydrogen) atoms. The second-order valence-electron chi connectivity index (χ2n) is 5.50. The Kier molecular flexibility index (Phi) is 6.21. The Morgan fingerprint density at radius 2 is 1.84 bits per heavy atom. The third kappa shape index (κ3) is 4.62. The van der Waals surface area contributed by atoms with Crippen LogP contribution in [0.4, 0.5) is 0 Å². The van der Waals surface area contributed by atoms with Gasteiger partial charge in [-0.3, -0.25) is 4.79 Å². The first-order valence-corrected chi connectivity index (χ1v) is 7.87. The monoisotopic (exact) mass is 349 g/mol. The molecule has 0 fully saturated rings. The van der Waals surface area contributed by atoms with E-state index in [1.807, 2.05) is 12.1 Å². The van der Waals surface area contributed by atoms with Crippen molar-refractivity contribution in [2.45, 2.75) is 32.7 Å². The number of ether oxygens (including phenoxy) is 3. The van der Waals surface area contributed by atoms with Crippen molar-refractivity contribution in [2.75, 3.05) is 21.3 Å². The van der Waals surface area contributed by atoms with Crippen LogP contribution < -0.4 is 19.5 Å². The standard InChI is InChI=1S/C17H23N3O5/c1-10(17-19-11(2)20-25-17)18-15(21)7-6-12-8-13(22-3)16(24-5)14(9-12)23-4/h8-10H,6-7H2,1-5H3,(H,18,21)/t10-/m0/s1. The van der Waals surface area contributed by atoms with Crippen molar-refractivity contribution in [1.29, 1.82) is 0 Å². The number of carbonyl (C=O) groups is 1. The largest absolute Gasteiger partial charge is 0.493 e. The molecule has 1 heterocycles. The van der Waals surface area contributed by atoms with Crippen LogP contribution >= 0.6 is 0 Å². The van der Waals surface area contributed by atoms with Crippen LogP contribution in [0.25, 0.3) is 0 Å². The minimum atomic E-state index is -0.339. The highest BCUT2D eigenvalue weighted by Crippen LogP contribution is 2.38. The van der Waals surface area contributed by atoms with Crippen LogP contribution in [0, 0.1) is 6.92 Å². The summed E-state index contributed by atoms with van der Waals surface area (Å²) in [6.07, 6.45) is 0.828. The molecule has 0 saturated heterocycles. The minimum absolute atomic E-state index is 0.114. The molecule has 1 amide bonds. The van der Waals surface area contributed by atoms with E-state index >= 15 is 0 Å². The molecule has 0 aliphatic heterocycles. The number of hydrogen-bond donors (Lipinski definition) is 1. The highest BCUT2D eigenvalue weighted by molar-refractivity contribution is 5.76. The molecule has 0 unspecified atom stereocenters. The van der Waals surface area contributed by atoms with Gasteiger partial charge in [0.25, 0.3) is 0 Å². The van der Waals surface area contributed by atoms with Gasteiger partial charge in [-0.1, -0.05) is 5.16 Å². The lowest BCUT2D eigenvalue weighted by Crippen LogP contribution is -2.27. The first-order chi connectivity index (χ1) is 12.0. The van der Waals surface area contributed by atoms with E-state index in [0.717, 1.165) is 5.56 Å². The molecule has 1 atom stereocenters. The Morgan fingerprint density at radius 3 is 2.32 bits per heavy atom. The third-order valence-electron chi connectivity index (χ3n) is 3.66. The number of carbonyl (C=O) groups excluding carboxylic acids is 1. The number of rotatable bonds is 8. The van der Waals surface area contributed by atoms with Gasteiger partial charge < -0.3 is 24.1 Å². The van der Waals surface area contributed by atoms with Crippen LogP contribution in [0.3, 0.4) is 0 Å². The topological polar surface area (TPSA) is 95.7 Å². The Morgan fingerprint density at radius 1 is 1.20 bits per heavy atom. The molecule has 0 bridgehead atoms. The summed E-state index contributed by atoms with van der Waals surface area (Å²) in [5.41, 5.74) is 0.908. The fraction of sp³-hybridized carbons (Fsp3) is 0.471. The minimum Gasteiger partial charge on any atom is -0.493 e. The molecule has 8 heteroatoms. The lowest BCUT2D eigenvalue weighted by atomic mass is 10.1. The normalized spacial score (nSPS) is 11.7. The van der Waals surface area contributed by atoms with Crippen molar-refractivity contribution in [1.82, 2.24) is 15.5 Å². The van der Waals surface area contributed by atoms with Crippen molar-refractivity contribution in [3.05, 3.63) is 29.4 Å². The summed E-state index contributed by atoms with van der Waals surface area (Å²) in [5, 5.41) is 6.55. The number of amides is 1. The van der Waals surface area contributed by atoms with Gasteiger partial charge in [0.2, 0.25) is 17.5 Å². The predicted octanol–water partition coefficient (Wildman–Crippen LogP) is 2.21. The predicted molar refractivity (Wildman–Crippen MR) is 90.0 cm³/mol. The lowest BCUT2D eigenvalue weighted by Gasteiger charge is -2.14. The van der Waals surface area contributed by atoms with E-state index in [-0.39, 0.29) is 11.9 Å². The molecule has 0 spiro atoms. The Bertz CT molecular complexity index is 704. The molecule has 136 valence electrons. The maximum absolute atomic E-state index is 12.2. The Balaban J connectivity index is 1.99. The number of nitrogens with zero attached hydrogens (tertiary/aromatic N) is 2. The fourth-order valence-corrected chi connectivity index (χ4v) is 2.40. The van der Waals surface area contributed by atoms with Crippen LogP contribution in [0.15, 0.2) is 16.7 Å². The maximum atomic E-state index is 12.2. The number of hydrogen-bond acceptors (Lipinski definition) is 7. The fourth-order valence-electron chi connectivity index (χ4n) is 2.40. The first kappa shape index (κ1) is 18.6. The van der Waals surface area contributed by atoms with Crippen LogP contribution in [0.1, 0.15) is 36.7 Å². The van der Waals surface area contributed by atoms with Gasteiger partial charge in [0.05, 0.1) is 21.3 Å². The van der Waals surface area contributed by atoms with Gasteiger partial charge in [-0.2, -0.15) is 4.98 Å². The second kappa shape index (κ2) is 8.36. The summed E-state index contributed by atoms with van der Waals surface area (Å²) >= 11 is 0. The molecule has 0 radical (unpaired) electrons. The molecular formula is C17H23N3O5. The van der Waals surface area contributed by atoms with Crippen LogP contribution in [-0.4, -0.2) is 37.4 Å². The van der Waals surface area contributed by atoms with Gasteiger partial charge in [0, 0.05) is 6.42 Å². The highest BCUT2D eigenvalue weighted by atomic mass is 16.5. The molecular weight excluding hydrogens is 326 g/mol. The average Bonchev–Trinajstić information content (AvgIpc) is 3.05. The molecule has 2 rings (SSSR count). The molecule has 0 aliphatic carbocycles. The van der Waals surface area contributed by atoms with Crippen molar-refractivity contribution in [3.8, 4) is 17.2 Å². The number of aryl methyl sites for hydroxylation is 2. The van der Waals surface area contributed by atoms with Gasteiger partial charge in [-0.15, -0.1) is 0 Å².